The number of phenolic OH excluding ortho intramolecular Hbond substituents is 1. The molecule has 0 fully saturated rings. The van der Waals surface area contributed by atoms with Crippen LogP contribution in [0.15, 0.2) is 42.5 Å². The van der Waals surface area contributed by atoms with Gasteiger partial charge in [-0.15, -0.1) is 0 Å². The number of phenols is 1. The molecule has 30 heavy (non-hydrogen) atoms. The van der Waals surface area contributed by atoms with Crippen LogP contribution in [-0.4, -0.2) is 11.7 Å². The van der Waals surface area contributed by atoms with E-state index in [0.717, 1.165) is 29.0 Å². The van der Waals surface area contributed by atoms with Crippen LogP contribution in [0.2, 0.25) is 0 Å². The number of aromatic hydroxyl groups is 1. The maximum atomic E-state index is 13.5. The Morgan fingerprint density at radius 2 is 1.60 bits per heavy atom. The molecule has 0 saturated carbocycles. The monoisotopic (exact) mass is 419 g/mol. The Bertz CT molecular complexity index is 740. The summed E-state index contributed by atoms with van der Waals surface area (Å²) < 4.78 is 13.5. The van der Waals surface area contributed by atoms with Gasteiger partial charge >= 0.3 is 0 Å². The van der Waals surface area contributed by atoms with E-state index in [1.807, 2.05) is 72.8 Å². The van der Waals surface area contributed by atoms with Crippen LogP contribution in [0.25, 0.3) is 6.08 Å². The molecule has 2 rings (SSSR count). The van der Waals surface area contributed by atoms with Gasteiger partial charge in [-0.25, -0.2) is 4.39 Å². The summed E-state index contributed by atoms with van der Waals surface area (Å²) in [7, 11) is 0. The number of halogens is 1. The summed E-state index contributed by atoms with van der Waals surface area (Å²) in [6, 6.07) is 10.2. The van der Waals surface area contributed by atoms with Crippen LogP contribution in [0.4, 0.5) is 15.8 Å². The van der Waals surface area contributed by atoms with Crippen LogP contribution in [0, 0.1) is 5.82 Å². The third-order valence-electron chi connectivity index (χ3n) is 4.14. The fraction of sp³-hybridized carbons (Fsp3) is 0.462. The number of anilines is 1. The van der Waals surface area contributed by atoms with Crippen LogP contribution < -0.4 is 11.1 Å². The van der Waals surface area contributed by atoms with Gasteiger partial charge in [-0.1, -0.05) is 67.5 Å². The number of nitrogens with one attached hydrogen (secondary N) is 1. The molecule has 2 aromatic rings. The molecule has 0 aliphatic carbocycles. The molecule has 0 radical (unpaired) electrons. The highest BCUT2D eigenvalue weighted by Crippen LogP contribution is 2.32. The van der Waals surface area contributed by atoms with Gasteiger partial charge < -0.3 is 16.2 Å². The lowest BCUT2D eigenvalue weighted by molar-refractivity contribution is -0.256. The lowest BCUT2D eigenvalue weighted by atomic mass is 9.80. The Hall–Kier alpha value is -2.33. The predicted molar refractivity (Wildman–Crippen MR) is 132 cm³/mol. The van der Waals surface area contributed by atoms with Crippen molar-refractivity contribution >= 4 is 17.5 Å². The molecule has 0 aromatic heterocycles. The molecule has 4 heteroatoms. The molecule has 0 unspecified atom stereocenters. The zero-order valence-electron chi connectivity index (χ0n) is 20.6. The summed E-state index contributed by atoms with van der Waals surface area (Å²) >= 11 is 0. The van der Waals surface area contributed by atoms with Crippen LogP contribution in [-0.2, 0) is 5.41 Å². The molecule has 0 heterocycles. The van der Waals surface area contributed by atoms with Crippen molar-refractivity contribution in [3.05, 3.63) is 59.4 Å². The number of rotatable bonds is 6. The normalized spacial score (nSPS) is 10.1. The second-order valence-corrected chi connectivity index (χ2v) is 6.60. The highest BCUT2D eigenvalue weighted by atomic mass is 19.1. The Morgan fingerprint density at radius 1 is 1.00 bits per heavy atom. The Morgan fingerprint density at radius 3 is 2.13 bits per heavy atom. The van der Waals surface area contributed by atoms with E-state index < -0.39 is 0 Å². The van der Waals surface area contributed by atoms with E-state index in [1.54, 1.807) is 18.2 Å². The highest BCUT2D eigenvalue weighted by molar-refractivity contribution is 5.62. The van der Waals surface area contributed by atoms with E-state index in [4.69, 9.17) is 0 Å². The van der Waals surface area contributed by atoms with Gasteiger partial charge in [0.25, 0.3) is 0 Å². The fourth-order valence-electron chi connectivity index (χ4n) is 2.77. The van der Waals surface area contributed by atoms with Crippen molar-refractivity contribution in [1.82, 2.24) is 0 Å². The first-order chi connectivity index (χ1) is 14.3. The first kappa shape index (κ1) is 29.9. The number of allylic oxidation sites excluding steroid dienone is 1. The summed E-state index contributed by atoms with van der Waals surface area (Å²) in [6.45, 7) is 18.9. The molecule has 0 aliphatic heterocycles. The van der Waals surface area contributed by atoms with E-state index in [9.17, 15) is 9.50 Å². The maximum Gasteiger partial charge on any atom is 0.131 e. The average Bonchev–Trinajstić information content (AvgIpc) is 2.76. The van der Waals surface area contributed by atoms with E-state index in [1.165, 1.54) is 6.07 Å². The molecule has 170 valence electrons. The minimum atomic E-state index is -0.244. The molecule has 3 nitrogen and oxygen atoms in total. The van der Waals surface area contributed by atoms with Gasteiger partial charge in [-0.05, 0) is 43.0 Å². The molecule has 5 N–H and O–H groups in total. The third kappa shape index (κ3) is 9.93. The molecule has 0 amide bonds. The molecule has 2 aromatic carbocycles. The first-order valence-corrected chi connectivity index (χ1v) is 11.2. The molecular weight excluding hydrogens is 375 g/mol. The summed E-state index contributed by atoms with van der Waals surface area (Å²) in [6.07, 6.45) is 4.62. The largest absolute Gasteiger partial charge is 0.507 e. The number of quaternary nitrogens is 1. The second kappa shape index (κ2) is 16.5. The Kier molecular flexibility index (Phi) is 16.4. The Labute approximate surface area is 184 Å². The highest BCUT2D eigenvalue weighted by Gasteiger charge is 2.24. The smallest absolute Gasteiger partial charge is 0.131 e. The summed E-state index contributed by atoms with van der Waals surface area (Å²) in [4.78, 5) is 0. The van der Waals surface area contributed by atoms with Gasteiger partial charge in [0.2, 0.25) is 0 Å². The van der Waals surface area contributed by atoms with Gasteiger partial charge in [0.1, 0.15) is 17.3 Å². The van der Waals surface area contributed by atoms with Crippen molar-refractivity contribution in [2.45, 2.75) is 74.1 Å². The topological polar surface area (TPSA) is 59.9 Å². The number of hydrogen-bond acceptors (Lipinski definition) is 2. The minimum absolute atomic E-state index is 0.241. The molecular formula is C26H44FN2O+. The average molecular weight is 420 g/mol. The zero-order chi connectivity index (χ0) is 23.7. The quantitative estimate of drug-likeness (QED) is 0.460. The Balaban J connectivity index is 0. The van der Waals surface area contributed by atoms with E-state index in [2.05, 4.69) is 24.9 Å². The molecule has 0 bridgehead atoms. The summed E-state index contributed by atoms with van der Waals surface area (Å²) in [5.74, 6) is -0.00257. The number of benzene rings is 2. The predicted octanol–water partition coefficient (Wildman–Crippen LogP) is 7.30. The van der Waals surface area contributed by atoms with Crippen molar-refractivity contribution < 1.29 is 15.2 Å². The molecule has 0 spiro atoms. The van der Waals surface area contributed by atoms with E-state index in [0.29, 0.717) is 6.42 Å². The van der Waals surface area contributed by atoms with Gasteiger partial charge in [-0.2, -0.15) is 0 Å². The van der Waals surface area contributed by atoms with Crippen molar-refractivity contribution in [3.63, 3.8) is 0 Å². The van der Waals surface area contributed by atoms with Gasteiger partial charge in [0.15, 0.2) is 0 Å². The lowest BCUT2D eigenvalue weighted by Crippen LogP contribution is -2.43. The first-order valence-electron chi connectivity index (χ1n) is 11.2. The van der Waals surface area contributed by atoms with Gasteiger partial charge in [0, 0.05) is 35.5 Å². The molecule has 0 aliphatic rings. The summed E-state index contributed by atoms with van der Waals surface area (Å²) in [5, 5.41) is 13.3. The van der Waals surface area contributed by atoms with E-state index in [-0.39, 0.29) is 17.0 Å². The van der Waals surface area contributed by atoms with Gasteiger partial charge in [0.05, 0.1) is 0 Å². The maximum absolute atomic E-state index is 13.5. The number of hydrogen-bond donors (Lipinski definition) is 3. The fourth-order valence-corrected chi connectivity index (χ4v) is 2.77. The van der Waals surface area contributed by atoms with Crippen LogP contribution in [0.3, 0.4) is 0 Å². The lowest BCUT2D eigenvalue weighted by Gasteiger charge is -2.23. The van der Waals surface area contributed by atoms with Crippen molar-refractivity contribution in [2.75, 3.05) is 11.9 Å². The van der Waals surface area contributed by atoms with Crippen LogP contribution in [0.5, 0.6) is 5.75 Å². The molecule has 0 saturated heterocycles. The van der Waals surface area contributed by atoms with Crippen molar-refractivity contribution in [3.8, 4) is 5.75 Å². The third-order valence-corrected chi connectivity index (χ3v) is 4.14. The van der Waals surface area contributed by atoms with E-state index >= 15 is 0 Å². The summed E-state index contributed by atoms with van der Waals surface area (Å²) in [5.41, 5.74) is 7.16. The molecule has 0 atom stereocenters. The SMILES string of the molecule is CC.CC.CC.CCNc1ccc(/C=C/CC(C)(C)c2cc(F)ccc2[NH3+])c(O)c1. The van der Waals surface area contributed by atoms with Gasteiger partial charge in [-0.3, -0.25) is 0 Å². The van der Waals surface area contributed by atoms with Crippen LogP contribution >= 0.6 is 0 Å². The second-order valence-electron chi connectivity index (χ2n) is 6.60. The standard InChI is InChI=1S/C20H25FN2O.3C2H6/c1-4-23-16-9-7-14(19(24)13-16)6-5-11-20(2,3)17-12-15(21)8-10-18(17)22;3*1-2/h5-10,12-13,23-24H,4,11,22H2,1-3H3;3*1-2H3/p+1/b6-5+;;;. The van der Waals surface area contributed by atoms with Crippen molar-refractivity contribution in [1.29, 1.82) is 0 Å². The zero-order valence-corrected chi connectivity index (χ0v) is 20.6. The van der Waals surface area contributed by atoms with Crippen LogP contribution in [0.1, 0.15) is 79.9 Å². The minimum Gasteiger partial charge on any atom is -0.507 e. The van der Waals surface area contributed by atoms with Crippen molar-refractivity contribution in [2.24, 2.45) is 0 Å².